The summed E-state index contributed by atoms with van der Waals surface area (Å²) in [6, 6.07) is 11.3. The van der Waals surface area contributed by atoms with E-state index in [0.717, 1.165) is 11.6 Å². The van der Waals surface area contributed by atoms with Gasteiger partial charge >= 0.3 is 6.18 Å². The van der Waals surface area contributed by atoms with Crippen LogP contribution in [0.5, 0.6) is 0 Å². The summed E-state index contributed by atoms with van der Waals surface area (Å²) in [6.07, 6.45) is -1.37. The number of benzene rings is 1. The fourth-order valence-corrected chi connectivity index (χ4v) is 4.86. The maximum absolute atomic E-state index is 13.7. The fraction of sp³-hybridized carbons (Fsp3) is 0.500. The molecule has 1 amide bonds. The second-order valence-corrected chi connectivity index (χ2v) is 9.38. The molecule has 0 radical (unpaired) electrons. The molecule has 1 aromatic carbocycles. The second-order valence-electron chi connectivity index (χ2n) is 9.38. The number of alkyl halides is 3. The molecule has 0 saturated carbocycles. The molecule has 0 spiro atoms. The molecule has 2 saturated heterocycles. The first-order valence-corrected chi connectivity index (χ1v) is 12.3. The van der Waals surface area contributed by atoms with Gasteiger partial charge in [-0.05, 0) is 61.8 Å². The van der Waals surface area contributed by atoms with Gasteiger partial charge in [-0.3, -0.25) is 4.79 Å². The predicted molar refractivity (Wildman–Crippen MR) is 130 cm³/mol. The number of anilines is 2. The Labute approximate surface area is 208 Å². The number of nitrogens with one attached hydrogen (secondary N) is 1. The first kappa shape index (κ1) is 25.8. The number of aromatic nitrogens is 1. The van der Waals surface area contributed by atoms with Gasteiger partial charge in [0.2, 0.25) is 5.91 Å². The van der Waals surface area contributed by atoms with Crippen molar-refractivity contribution in [2.24, 2.45) is 5.92 Å². The largest absolute Gasteiger partial charge is 0.433 e. The average Bonchev–Trinajstić information content (AvgIpc) is 3.39. The van der Waals surface area contributed by atoms with E-state index in [-0.39, 0.29) is 24.2 Å². The van der Waals surface area contributed by atoms with Crippen LogP contribution in [-0.2, 0) is 17.4 Å². The zero-order valence-electron chi connectivity index (χ0n) is 20.0. The van der Waals surface area contributed by atoms with Crippen LogP contribution in [0.3, 0.4) is 0 Å². The van der Waals surface area contributed by atoms with E-state index >= 15 is 0 Å². The predicted octanol–water partition coefficient (Wildman–Crippen LogP) is 3.51. The number of piperidine rings is 1. The highest BCUT2D eigenvalue weighted by Gasteiger charge is 2.37. The minimum absolute atomic E-state index is 0.0823. The molecule has 2 aliphatic rings. The van der Waals surface area contributed by atoms with Crippen LogP contribution in [0.2, 0.25) is 0 Å². The van der Waals surface area contributed by atoms with Crippen LogP contribution >= 0.6 is 0 Å². The topological polar surface area (TPSA) is 92.5 Å². The van der Waals surface area contributed by atoms with Crippen molar-refractivity contribution < 1.29 is 23.1 Å². The number of nitrogens with zero attached hydrogens (tertiary/aromatic N) is 4. The van der Waals surface area contributed by atoms with Crippen LogP contribution in [0.4, 0.5) is 24.7 Å². The molecule has 1 atom stereocenters. The Kier molecular flexibility index (Phi) is 7.99. The van der Waals surface area contributed by atoms with Crippen molar-refractivity contribution in [3.8, 4) is 6.07 Å². The normalized spacial score (nSPS) is 18.8. The average molecular weight is 502 g/mol. The minimum Gasteiger partial charge on any atom is -0.396 e. The smallest absolute Gasteiger partial charge is 0.396 e. The number of nitriles is 1. The Morgan fingerprint density at radius 3 is 2.50 bits per heavy atom. The highest BCUT2D eigenvalue weighted by molar-refractivity contribution is 5.85. The molecule has 3 heterocycles. The van der Waals surface area contributed by atoms with E-state index in [1.807, 2.05) is 17.0 Å². The Morgan fingerprint density at radius 2 is 1.86 bits per heavy atom. The third kappa shape index (κ3) is 6.08. The van der Waals surface area contributed by atoms with Gasteiger partial charge in [0, 0.05) is 44.5 Å². The van der Waals surface area contributed by atoms with Crippen molar-refractivity contribution in [2.45, 2.75) is 44.3 Å². The summed E-state index contributed by atoms with van der Waals surface area (Å²) < 4.78 is 41.2. The number of aliphatic hydroxyl groups is 1. The first-order valence-electron chi connectivity index (χ1n) is 12.3. The molecular weight excluding hydrogens is 471 g/mol. The van der Waals surface area contributed by atoms with Gasteiger partial charge in [-0.1, -0.05) is 12.1 Å². The molecule has 0 aliphatic carbocycles. The number of aliphatic hydroxyl groups excluding tert-OH is 1. The van der Waals surface area contributed by atoms with Crippen molar-refractivity contribution >= 4 is 17.4 Å². The van der Waals surface area contributed by atoms with E-state index in [0.29, 0.717) is 69.5 Å². The van der Waals surface area contributed by atoms with Crippen LogP contribution in [0.1, 0.15) is 42.5 Å². The Hall–Kier alpha value is -3.32. The summed E-state index contributed by atoms with van der Waals surface area (Å²) in [5.74, 6) is 0.0973. The van der Waals surface area contributed by atoms with E-state index < -0.39 is 17.9 Å². The van der Waals surface area contributed by atoms with Gasteiger partial charge in [0.05, 0.1) is 11.6 Å². The Bertz CT molecular complexity index is 1090. The van der Waals surface area contributed by atoms with Crippen molar-refractivity contribution in [1.29, 1.82) is 5.26 Å². The number of halogens is 3. The molecule has 7 nitrogen and oxygen atoms in total. The second kappa shape index (κ2) is 11.2. The summed E-state index contributed by atoms with van der Waals surface area (Å²) in [6.45, 7) is 2.04. The lowest BCUT2D eigenvalue weighted by Crippen LogP contribution is -2.44. The molecule has 1 aromatic heterocycles. The lowest BCUT2D eigenvalue weighted by molar-refractivity contribution is -0.141. The van der Waals surface area contributed by atoms with E-state index in [1.54, 1.807) is 23.1 Å². The molecule has 2 fully saturated rings. The monoisotopic (exact) mass is 501 g/mol. The van der Waals surface area contributed by atoms with Gasteiger partial charge in [-0.25, -0.2) is 4.98 Å². The van der Waals surface area contributed by atoms with Crippen LogP contribution in [0.25, 0.3) is 0 Å². The summed E-state index contributed by atoms with van der Waals surface area (Å²) in [5.41, 5.74) is 1.02. The molecule has 10 heteroatoms. The molecule has 2 aliphatic heterocycles. The maximum atomic E-state index is 13.7. The number of carbonyl (C=O) groups excluding carboxylic acids is 1. The number of amides is 1. The first-order chi connectivity index (χ1) is 17.3. The van der Waals surface area contributed by atoms with Gasteiger partial charge in [0.1, 0.15) is 17.6 Å². The van der Waals surface area contributed by atoms with E-state index in [2.05, 4.69) is 16.4 Å². The fourth-order valence-electron chi connectivity index (χ4n) is 4.86. The van der Waals surface area contributed by atoms with Crippen LogP contribution < -0.4 is 15.1 Å². The zero-order chi connectivity index (χ0) is 25.7. The molecular formula is C26H30F3N5O2. The molecule has 0 bridgehead atoms. The quantitative estimate of drug-likeness (QED) is 0.603. The third-order valence-corrected chi connectivity index (χ3v) is 6.97. The Balaban J connectivity index is 1.47. The highest BCUT2D eigenvalue weighted by Crippen LogP contribution is 2.36. The summed E-state index contributed by atoms with van der Waals surface area (Å²) in [7, 11) is 0. The number of pyridine rings is 1. The standard InChI is InChI=1S/C26H30F3N5O2/c27-26(28,29)23-14-21(33-12-8-20(17-35)9-13-33)15-24(32-23)34-11-1-2-22(34)25(36)31-10-7-18-3-5-19(16-30)6-4-18/h3-6,14-15,20,22,35H,1-2,7-13,17H2,(H,31,36)/t22-/m0/s1. The lowest BCUT2D eigenvalue weighted by atomic mass is 9.97. The number of rotatable bonds is 7. The van der Waals surface area contributed by atoms with E-state index in [9.17, 15) is 23.1 Å². The minimum atomic E-state index is -4.60. The SMILES string of the molecule is N#Cc1ccc(CCNC(=O)[C@@H]2CCCN2c2cc(N3CCC(CO)CC3)cc(C(F)(F)F)n2)cc1. The molecule has 36 heavy (non-hydrogen) atoms. The van der Waals surface area contributed by atoms with E-state index in [4.69, 9.17) is 5.26 Å². The molecule has 2 aromatic rings. The number of hydrogen-bond donors (Lipinski definition) is 2. The maximum Gasteiger partial charge on any atom is 0.433 e. The number of hydrogen-bond acceptors (Lipinski definition) is 6. The van der Waals surface area contributed by atoms with Crippen molar-refractivity contribution in [1.82, 2.24) is 10.3 Å². The van der Waals surface area contributed by atoms with E-state index in [1.165, 1.54) is 0 Å². The lowest BCUT2D eigenvalue weighted by Gasteiger charge is -2.34. The van der Waals surface area contributed by atoms with Crippen LogP contribution in [0.15, 0.2) is 36.4 Å². The highest BCUT2D eigenvalue weighted by atomic mass is 19.4. The molecule has 0 unspecified atom stereocenters. The van der Waals surface area contributed by atoms with Crippen molar-refractivity contribution in [3.63, 3.8) is 0 Å². The van der Waals surface area contributed by atoms with Crippen LogP contribution in [0, 0.1) is 17.2 Å². The molecule has 4 rings (SSSR count). The van der Waals surface area contributed by atoms with Gasteiger partial charge in [-0.15, -0.1) is 0 Å². The number of carbonyl (C=O) groups is 1. The summed E-state index contributed by atoms with van der Waals surface area (Å²) >= 11 is 0. The molecule has 2 N–H and O–H groups in total. The zero-order valence-corrected chi connectivity index (χ0v) is 20.0. The van der Waals surface area contributed by atoms with Crippen LogP contribution in [-0.4, -0.2) is 54.8 Å². The van der Waals surface area contributed by atoms with Crippen molar-refractivity contribution in [3.05, 3.63) is 53.2 Å². The summed E-state index contributed by atoms with van der Waals surface area (Å²) in [4.78, 5) is 20.5. The van der Waals surface area contributed by atoms with Crippen molar-refractivity contribution in [2.75, 3.05) is 42.6 Å². The van der Waals surface area contributed by atoms with Gasteiger partial charge < -0.3 is 20.2 Å². The third-order valence-electron chi connectivity index (χ3n) is 6.97. The molecule has 192 valence electrons. The van der Waals surface area contributed by atoms with Gasteiger partial charge in [-0.2, -0.15) is 18.4 Å². The summed E-state index contributed by atoms with van der Waals surface area (Å²) in [5, 5.41) is 21.2. The van der Waals surface area contributed by atoms with Gasteiger partial charge in [0.15, 0.2) is 0 Å². The van der Waals surface area contributed by atoms with Gasteiger partial charge in [0.25, 0.3) is 0 Å². The Morgan fingerprint density at radius 1 is 1.14 bits per heavy atom.